The standard InChI is InChI=1S/C48H44BrNO5/c49-40-27-25-39(26-28-40)44-29-42(41-23-13-14-24-43(41)50-44)46(53-31-36-17-7-2-8-18-36)48(55-33-38-21-11-4-12-22-38)47(54-32-37-19-9-3-10-20-37)45(51)34-52-30-35-15-5-1-6-16-35/h1-29,45-48,51H,30-34H2/t45-,46-,47-,48-/m1/s1. The van der Waals surface area contributed by atoms with E-state index in [2.05, 4.69) is 28.1 Å². The van der Waals surface area contributed by atoms with Gasteiger partial charge in [0.1, 0.15) is 24.4 Å². The predicted molar refractivity (Wildman–Crippen MR) is 221 cm³/mol. The molecule has 0 aliphatic rings. The van der Waals surface area contributed by atoms with Crippen molar-refractivity contribution in [2.75, 3.05) is 6.61 Å². The number of pyridine rings is 1. The van der Waals surface area contributed by atoms with Crippen molar-refractivity contribution in [3.8, 4) is 11.3 Å². The van der Waals surface area contributed by atoms with Crippen LogP contribution < -0.4 is 0 Å². The van der Waals surface area contributed by atoms with Crippen LogP contribution in [0.15, 0.2) is 180 Å². The Labute approximate surface area is 331 Å². The molecule has 7 heteroatoms. The van der Waals surface area contributed by atoms with Crippen molar-refractivity contribution >= 4 is 26.8 Å². The number of halogens is 1. The van der Waals surface area contributed by atoms with E-state index >= 15 is 0 Å². The number of para-hydroxylation sites is 1. The fraction of sp³-hybridized carbons (Fsp3) is 0.188. The van der Waals surface area contributed by atoms with Crippen LogP contribution in [0.4, 0.5) is 0 Å². The summed E-state index contributed by atoms with van der Waals surface area (Å²) in [5.74, 6) is 0. The molecule has 1 heterocycles. The van der Waals surface area contributed by atoms with Crippen molar-refractivity contribution in [3.05, 3.63) is 208 Å². The van der Waals surface area contributed by atoms with E-state index in [0.29, 0.717) is 13.2 Å². The predicted octanol–water partition coefficient (Wildman–Crippen LogP) is 10.7. The lowest BCUT2D eigenvalue weighted by atomic mass is 9.92. The van der Waals surface area contributed by atoms with Crippen LogP contribution in [-0.4, -0.2) is 35.0 Å². The number of nitrogens with zero attached hydrogens (tertiary/aromatic N) is 1. The summed E-state index contributed by atoms with van der Waals surface area (Å²) in [5, 5.41) is 13.1. The molecule has 4 atom stereocenters. The van der Waals surface area contributed by atoms with Crippen molar-refractivity contribution in [2.24, 2.45) is 0 Å². The maximum atomic E-state index is 12.2. The minimum Gasteiger partial charge on any atom is -0.388 e. The van der Waals surface area contributed by atoms with Gasteiger partial charge in [-0.2, -0.15) is 0 Å². The Bertz CT molecular complexity index is 2190. The lowest BCUT2D eigenvalue weighted by Gasteiger charge is -2.37. The lowest BCUT2D eigenvalue weighted by molar-refractivity contribution is -0.189. The van der Waals surface area contributed by atoms with Gasteiger partial charge in [0.15, 0.2) is 0 Å². The van der Waals surface area contributed by atoms with Crippen LogP contribution in [0.1, 0.15) is 33.9 Å². The number of aliphatic hydroxyl groups excluding tert-OH is 1. The number of aromatic nitrogens is 1. The van der Waals surface area contributed by atoms with Gasteiger partial charge in [0.2, 0.25) is 0 Å². The van der Waals surface area contributed by atoms with Gasteiger partial charge >= 0.3 is 0 Å². The van der Waals surface area contributed by atoms with Gasteiger partial charge in [0, 0.05) is 15.4 Å². The summed E-state index contributed by atoms with van der Waals surface area (Å²) in [5.41, 5.74) is 7.44. The summed E-state index contributed by atoms with van der Waals surface area (Å²) in [6.07, 6.45) is -3.46. The van der Waals surface area contributed by atoms with Crippen molar-refractivity contribution in [2.45, 2.75) is 50.8 Å². The van der Waals surface area contributed by atoms with Crippen LogP contribution in [0.3, 0.4) is 0 Å². The molecule has 1 aromatic heterocycles. The van der Waals surface area contributed by atoms with Crippen LogP contribution in [0.25, 0.3) is 22.2 Å². The second-order valence-electron chi connectivity index (χ2n) is 13.4. The number of aliphatic hydroxyl groups is 1. The summed E-state index contributed by atoms with van der Waals surface area (Å²) >= 11 is 3.58. The van der Waals surface area contributed by atoms with Crippen LogP contribution in [0.5, 0.6) is 0 Å². The van der Waals surface area contributed by atoms with E-state index in [1.807, 2.05) is 164 Å². The normalized spacial score (nSPS) is 13.6. The number of benzene rings is 6. The van der Waals surface area contributed by atoms with Gasteiger partial charge in [-0.3, -0.25) is 0 Å². The molecule has 0 amide bonds. The summed E-state index contributed by atoms with van der Waals surface area (Å²) in [4.78, 5) is 5.10. The minimum absolute atomic E-state index is 0.0200. The Balaban J connectivity index is 1.34. The molecule has 6 nitrogen and oxygen atoms in total. The highest BCUT2D eigenvalue weighted by Gasteiger charge is 2.39. The second-order valence-corrected chi connectivity index (χ2v) is 14.3. The number of hydrogen-bond acceptors (Lipinski definition) is 6. The first-order valence-corrected chi connectivity index (χ1v) is 19.3. The summed E-state index contributed by atoms with van der Waals surface area (Å²) in [7, 11) is 0. The monoisotopic (exact) mass is 793 g/mol. The van der Waals surface area contributed by atoms with Crippen LogP contribution in [0.2, 0.25) is 0 Å². The van der Waals surface area contributed by atoms with E-state index in [4.69, 9.17) is 23.9 Å². The average molecular weight is 795 g/mol. The third-order valence-electron chi connectivity index (χ3n) is 9.44. The quantitative estimate of drug-likeness (QED) is 0.0933. The van der Waals surface area contributed by atoms with Gasteiger partial charge in [-0.1, -0.05) is 168 Å². The molecule has 0 unspecified atom stereocenters. The van der Waals surface area contributed by atoms with Crippen molar-refractivity contribution in [1.29, 1.82) is 0 Å². The molecule has 0 spiro atoms. The van der Waals surface area contributed by atoms with E-state index < -0.39 is 24.4 Å². The van der Waals surface area contributed by atoms with Crippen molar-refractivity contribution in [3.63, 3.8) is 0 Å². The zero-order valence-electron chi connectivity index (χ0n) is 30.5. The highest BCUT2D eigenvalue weighted by atomic mass is 79.9. The van der Waals surface area contributed by atoms with E-state index in [1.165, 1.54) is 0 Å². The molecule has 0 aliphatic heterocycles. The Hall–Kier alpha value is -4.99. The maximum Gasteiger partial charge on any atom is 0.117 e. The molecule has 0 saturated carbocycles. The SMILES string of the molecule is O[C@H](COCc1ccccc1)[C@@H](OCc1ccccc1)[C@H](OCc1ccccc1)[C@H](OCc1ccccc1)c1cc(-c2ccc(Br)cc2)nc2ccccc12. The van der Waals surface area contributed by atoms with E-state index in [9.17, 15) is 5.11 Å². The number of hydrogen-bond donors (Lipinski definition) is 1. The molecule has 0 fully saturated rings. The van der Waals surface area contributed by atoms with Gasteiger partial charge in [0.25, 0.3) is 0 Å². The van der Waals surface area contributed by atoms with Crippen molar-refractivity contribution in [1.82, 2.24) is 4.98 Å². The molecule has 0 radical (unpaired) electrons. The Morgan fingerprint density at radius 2 is 0.982 bits per heavy atom. The fourth-order valence-electron chi connectivity index (χ4n) is 6.61. The molecule has 1 N–H and O–H groups in total. The molecule has 7 aromatic rings. The van der Waals surface area contributed by atoms with Crippen LogP contribution in [-0.2, 0) is 45.4 Å². The van der Waals surface area contributed by atoms with Gasteiger partial charge < -0.3 is 24.1 Å². The fourth-order valence-corrected chi connectivity index (χ4v) is 6.87. The smallest absolute Gasteiger partial charge is 0.117 e. The van der Waals surface area contributed by atoms with Crippen molar-refractivity contribution < 1.29 is 24.1 Å². The molecule has 6 aromatic carbocycles. The molecular weight excluding hydrogens is 750 g/mol. The topological polar surface area (TPSA) is 70.0 Å². The summed E-state index contributed by atoms with van der Waals surface area (Å²) in [6, 6.07) is 58.3. The molecule has 0 bridgehead atoms. The first kappa shape index (κ1) is 38.3. The molecule has 0 saturated heterocycles. The number of rotatable bonds is 18. The largest absolute Gasteiger partial charge is 0.388 e. The van der Waals surface area contributed by atoms with Gasteiger partial charge in [-0.25, -0.2) is 4.98 Å². The third-order valence-corrected chi connectivity index (χ3v) is 9.97. The number of ether oxygens (including phenoxy) is 4. The Morgan fingerprint density at radius 1 is 0.509 bits per heavy atom. The molecular formula is C48H44BrNO5. The average Bonchev–Trinajstić information content (AvgIpc) is 3.24. The third kappa shape index (κ3) is 10.6. The molecule has 0 aliphatic carbocycles. The highest BCUT2D eigenvalue weighted by molar-refractivity contribution is 9.10. The lowest BCUT2D eigenvalue weighted by Crippen LogP contribution is -2.47. The van der Waals surface area contributed by atoms with E-state index in [1.54, 1.807) is 0 Å². The van der Waals surface area contributed by atoms with Crippen LogP contribution >= 0.6 is 15.9 Å². The zero-order chi connectivity index (χ0) is 37.7. The van der Waals surface area contributed by atoms with Crippen LogP contribution in [0, 0.1) is 0 Å². The highest BCUT2D eigenvalue weighted by Crippen LogP contribution is 2.37. The second kappa shape index (κ2) is 19.6. The van der Waals surface area contributed by atoms with Gasteiger partial charge in [-0.15, -0.1) is 0 Å². The van der Waals surface area contributed by atoms with E-state index in [-0.39, 0.29) is 19.8 Å². The first-order chi connectivity index (χ1) is 27.1. The first-order valence-electron chi connectivity index (χ1n) is 18.5. The molecule has 7 rings (SSSR count). The Morgan fingerprint density at radius 3 is 1.55 bits per heavy atom. The Kier molecular flexibility index (Phi) is 13.6. The maximum absolute atomic E-state index is 12.2. The molecule has 278 valence electrons. The van der Waals surface area contributed by atoms with E-state index in [0.717, 1.165) is 54.5 Å². The molecule has 55 heavy (non-hydrogen) atoms. The number of fused-ring (bicyclic) bond motifs is 1. The minimum atomic E-state index is -1.07. The summed E-state index contributed by atoms with van der Waals surface area (Å²) < 4.78 is 28.0. The van der Waals surface area contributed by atoms with Gasteiger partial charge in [-0.05, 0) is 52.1 Å². The van der Waals surface area contributed by atoms with Gasteiger partial charge in [0.05, 0.1) is 44.2 Å². The summed E-state index contributed by atoms with van der Waals surface area (Å²) in [6.45, 7) is 1.18. The zero-order valence-corrected chi connectivity index (χ0v) is 32.1.